The second-order valence-corrected chi connectivity index (χ2v) is 4.41. The molecule has 98 valence electrons. The van der Waals surface area contributed by atoms with E-state index in [1.807, 2.05) is 0 Å². The van der Waals surface area contributed by atoms with Crippen molar-refractivity contribution in [1.82, 2.24) is 0 Å². The Morgan fingerprint density at radius 2 is 1.89 bits per heavy atom. The van der Waals surface area contributed by atoms with E-state index in [1.54, 1.807) is 25.1 Å². The van der Waals surface area contributed by atoms with Crippen LogP contribution in [0, 0.1) is 18.6 Å². The van der Waals surface area contributed by atoms with Gasteiger partial charge in [-0.3, -0.25) is 4.79 Å². The van der Waals surface area contributed by atoms with Crippen molar-refractivity contribution in [3.8, 4) is 0 Å². The van der Waals surface area contributed by atoms with Crippen molar-refractivity contribution in [2.45, 2.75) is 13.3 Å². The van der Waals surface area contributed by atoms with Gasteiger partial charge in [0.1, 0.15) is 11.6 Å². The summed E-state index contributed by atoms with van der Waals surface area (Å²) in [5.74, 6) is -1.41. The van der Waals surface area contributed by atoms with E-state index >= 15 is 0 Å². The molecule has 0 saturated carbocycles. The Morgan fingerprint density at radius 3 is 2.58 bits per heavy atom. The van der Waals surface area contributed by atoms with Crippen molar-refractivity contribution in [2.75, 3.05) is 5.73 Å². The summed E-state index contributed by atoms with van der Waals surface area (Å²) in [6.45, 7) is 1.79. The molecule has 4 heteroatoms. The number of nitrogens with two attached hydrogens (primary N) is 1. The lowest BCUT2D eigenvalue weighted by Crippen LogP contribution is -2.06. The molecule has 2 rings (SSSR count). The van der Waals surface area contributed by atoms with Crippen LogP contribution in [-0.2, 0) is 6.42 Å². The molecule has 0 fully saturated rings. The minimum absolute atomic E-state index is 0.0551. The highest BCUT2D eigenvalue weighted by Gasteiger charge is 2.12. The van der Waals surface area contributed by atoms with Gasteiger partial charge in [-0.1, -0.05) is 0 Å². The predicted molar refractivity (Wildman–Crippen MR) is 70.0 cm³/mol. The van der Waals surface area contributed by atoms with Crippen molar-refractivity contribution in [3.05, 3.63) is 64.7 Å². The zero-order chi connectivity index (χ0) is 14.0. The van der Waals surface area contributed by atoms with E-state index in [-0.39, 0.29) is 17.8 Å². The Kier molecular flexibility index (Phi) is 3.60. The lowest BCUT2D eigenvalue weighted by Gasteiger charge is -2.06. The first-order valence-corrected chi connectivity index (χ1v) is 5.80. The molecule has 0 saturated heterocycles. The largest absolute Gasteiger partial charge is 0.399 e. The van der Waals surface area contributed by atoms with Crippen LogP contribution < -0.4 is 5.73 Å². The molecule has 0 aromatic heterocycles. The lowest BCUT2D eigenvalue weighted by molar-refractivity contribution is 0.0991. The molecule has 0 bridgehead atoms. The molecule has 2 nitrogen and oxygen atoms in total. The van der Waals surface area contributed by atoms with Gasteiger partial charge in [0.2, 0.25) is 0 Å². The topological polar surface area (TPSA) is 43.1 Å². The Labute approximate surface area is 109 Å². The second kappa shape index (κ2) is 5.18. The molecule has 0 aliphatic heterocycles. The van der Waals surface area contributed by atoms with Crippen LogP contribution in [0.15, 0.2) is 36.4 Å². The van der Waals surface area contributed by atoms with Crippen LogP contribution in [0.25, 0.3) is 0 Å². The number of hydrogen-bond acceptors (Lipinski definition) is 2. The molecule has 0 aliphatic rings. The zero-order valence-electron chi connectivity index (χ0n) is 10.4. The number of aryl methyl sites for hydroxylation is 1. The zero-order valence-corrected chi connectivity index (χ0v) is 10.4. The van der Waals surface area contributed by atoms with Gasteiger partial charge in [0.25, 0.3) is 0 Å². The number of hydrogen-bond donors (Lipinski definition) is 1. The summed E-state index contributed by atoms with van der Waals surface area (Å²) in [7, 11) is 0. The molecule has 0 aliphatic carbocycles. The summed E-state index contributed by atoms with van der Waals surface area (Å²) in [6.07, 6.45) is -0.174. The van der Waals surface area contributed by atoms with Gasteiger partial charge in [-0.05, 0) is 54.4 Å². The highest BCUT2D eigenvalue weighted by molar-refractivity contribution is 5.98. The number of carbonyl (C=O) groups excluding carboxylic acids is 1. The van der Waals surface area contributed by atoms with Crippen LogP contribution in [0.2, 0.25) is 0 Å². The number of halogens is 2. The fourth-order valence-electron chi connectivity index (χ4n) is 1.80. The van der Waals surface area contributed by atoms with Gasteiger partial charge in [0.05, 0.1) is 0 Å². The van der Waals surface area contributed by atoms with E-state index in [0.29, 0.717) is 11.3 Å². The molecule has 0 radical (unpaired) electrons. The van der Waals surface area contributed by atoms with Gasteiger partial charge in [0.15, 0.2) is 5.78 Å². The average Bonchev–Trinajstić information content (AvgIpc) is 2.37. The summed E-state index contributed by atoms with van der Waals surface area (Å²) in [5, 5.41) is 0. The van der Waals surface area contributed by atoms with Crippen LogP contribution in [0.3, 0.4) is 0 Å². The Hall–Kier alpha value is -2.23. The molecule has 19 heavy (non-hydrogen) atoms. The standard InChI is InChI=1S/C15H13F2NO/c1-9-6-10(2-5-14(9)18)15(19)8-11-7-12(16)3-4-13(11)17/h2-7H,8,18H2,1H3. The maximum absolute atomic E-state index is 13.5. The average molecular weight is 261 g/mol. The molecule has 0 unspecified atom stereocenters. The summed E-state index contributed by atoms with van der Waals surface area (Å²) >= 11 is 0. The van der Waals surface area contributed by atoms with E-state index in [0.717, 1.165) is 23.8 Å². The third-order valence-electron chi connectivity index (χ3n) is 2.95. The van der Waals surface area contributed by atoms with Crippen molar-refractivity contribution in [1.29, 1.82) is 0 Å². The number of carbonyl (C=O) groups is 1. The predicted octanol–water partition coefficient (Wildman–Crippen LogP) is 3.28. The van der Waals surface area contributed by atoms with Crippen molar-refractivity contribution in [3.63, 3.8) is 0 Å². The van der Waals surface area contributed by atoms with Gasteiger partial charge < -0.3 is 5.73 Å². The van der Waals surface area contributed by atoms with Crippen LogP contribution in [0.4, 0.5) is 14.5 Å². The van der Waals surface area contributed by atoms with Gasteiger partial charge in [-0.25, -0.2) is 8.78 Å². The first-order valence-electron chi connectivity index (χ1n) is 5.80. The molecular formula is C15H13F2NO. The van der Waals surface area contributed by atoms with Gasteiger partial charge in [0, 0.05) is 17.7 Å². The molecule has 2 aromatic carbocycles. The van der Waals surface area contributed by atoms with Crippen molar-refractivity contribution >= 4 is 11.5 Å². The van der Waals surface area contributed by atoms with Crippen molar-refractivity contribution in [2.24, 2.45) is 0 Å². The van der Waals surface area contributed by atoms with E-state index < -0.39 is 11.6 Å². The summed E-state index contributed by atoms with van der Waals surface area (Å²) < 4.78 is 26.5. The number of nitrogen functional groups attached to an aromatic ring is 1. The normalized spacial score (nSPS) is 10.5. The lowest BCUT2D eigenvalue weighted by atomic mass is 10.0. The Morgan fingerprint density at radius 1 is 1.16 bits per heavy atom. The van der Waals surface area contributed by atoms with Crippen LogP contribution in [-0.4, -0.2) is 5.78 Å². The number of benzene rings is 2. The SMILES string of the molecule is Cc1cc(C(=O)Cc2cc(F)ccc2F)ccc1N. The minimum Gasteiger partial charge on any atom is -0.399 e. The maximum Gasteiger partial charge on any atom is 0.167 e. The molecule has 0 spiro atoms. The van der Waals surface area contributed by atoms with E-state index in [1.165, 1.54) is 0 Å². The first-order chi connectivity index (χ1) is 8.97. The second-order valence-electron chi connectivity index (χ2n) is 4.41. The van der Waals surface area contributed by atoms with Gasteiger partial charge in [-0.15, -0.1) is 0 Å². The van der Waals surface area contributed by atoms with E-state index in [9.17, 15) is 13.6 Å². The smallest absolute Gasteiger partial charge is 0.167 e. The van der Waals surface area contributed by atoms with Crippen LogP contribution in [0.5, 0.6) is 0 Å². The Balaban J connectivity index is 2.25. The van der Waals surface area contributed by atoms with Crippen LogP contribution in [0.1, 0.15) is 21.5 Å². The summed E-state index contributed by atoms with van der Waals surface area (Å²) in [4.78, 5) is 12.0. The van der Waals surface area contributed by atoms with Gasteiger partial charge >= 0.3 is 0 Å². The first kappa shape index (κ1) is 13.2. The Bertz CT molecular complexity index is 638. The minimum atomic E-state index is -0.582. The fraction of sp³-hybridized carbons (Fsp3) is 0.133. The number of Topliss-reactive ketones (excluding diaryl/α,β-unsaturated/α-hetero) is 1. The number of ketones is 1. The highest BCUT2D eigenvalue weighted by atomic mass is 19.1. The highest BCUT2D eigenvalue weighted by Crippen LogP contribution is 2.16. The molecule has 0 amide bonds. The maximum atomic E-state index is 13.5. The molecular weight excluding hydrogens is 248 g/mol. The number of anilines is 1. The van der Waals surface area contributed by atoms with Gasteiger partial charge in [-0.2, -0.15) is 0 Å². The third-order valence-corrected chi connectivity index (χ3v) is 2.95. The molecule has 0 atom stereocenters. The molecule has 2 aromatic rings. The van der Waals surface area contributed by atoms with E-state index in [4.69, 9.17) is 5.73 Å². The third kappa shape index (κ3) is 2.96. The van der Waals surface area contributed by atoms with Crippen LogP contribution >= 0.6 is 0 Å². The number of rotatable bonds is 3. The summed E-state index contributed by atoms with van der Waals surface area (Å²) in [5.41, 5.74) is 7.53. The molecule has 0 heterocycles. The van der Waals surface area contributed by atoms with E-state index in [2.05, 4.69) is 0 Å². The monoisotopic (exact) mass is 261 g/mol. The molecule has 2 N–H and O–H groups in total. The summed E-state index contributed by atoms with van der Waals surface area (Å²) in [6, 6.07) is 7.95. The quantitative estimate of drug-likeness (QED) is 0.680. The fourth-order valence-corrected chi connectivity index (χ4v) is 1.80. The van der Waals surface area contributed by atoms with Crippen molar-refractivity contribution < 1.29 is 13.6 Å².